The number of hydrogen-bond acceptors (Lipinski definition) is 10. The monoisotopic (exact) mass is 912 g/mol. The molecule has 0 aromatic heterocycles. The number of benzene rings is 3. The summed E-state index contributed by atoms with van der Waals surface area (Å²) in [6.07, 6.45) is 18.5. The van der Waals surface area contributed by atoms with Gasteiger partial charge in [-0.3, -0.25) is 14.9 Å². The van der Waals surface area contributed by atoms with Gasteiger partial charge in [-0.15, -0.1) is 6.58 Å². The highest BCUT2D eigenvalue weighted by molar-refractivity contribution is 6.03. The molecule has 3 aliphatic rings. The average molecular weight is 912 g/mol. The van der Waals surface area contributed by atoms with Crippen LogP contribution in [-0.2, 0) is 27.5 Å². The second-order valence-electron chi connectivity index (χ2n) is 18.2. The number of hydrogen-bond donors (Lipinski definition) is 3. The molecule has 2 aliphatic carbocycles. The van der Waals surface area contributed by atoms with Crippen LogP contribution in [-0.4, -0.2) is 68.4 Å². The van der Waals surface area contributed by atoms with Crippen molar-refractivity contribution in [2.75, 3.05) is 19.8 Å². The third-order valence-corrected chi connectivity index (χ3v) is 13.7. The predicted molar refractivity (Wildman–Crippen MR) is 253 cm³/mol. The molecular formula is C53H70FN3O9. The zero-order valence-corrected chi connectivity index (χ0v) is 38.7. The number of carbonyl (C=O) groups excluding carboxylic acids is 1. The molecule has 6 atom stereocenters. The van der Waals surface area contributed by atoms with Gasteiger partial charge in [0.15, 0.2) is 0 Å². The Kier molecular flexibility index (Phi) is 19.2. The molecule has 0 radical (unpaired) electrons. The molecule has 13 heteroatoms. The molecule has 3 N–H and O–H groups in total. The summed E-state index contributed by atoms with van der Waals surface area (Å²) in [5.74, 6) is -2.27. The number of phenolic OH excluding ortho intramolecular Hbond substituents is 1. The van der Waals surface area contributed by atoms with E-state index in [0.717, 1.165) is 61.6 Å². The molecule has 0 spiro atoms. The molecule has 358 valence electrons. The third kappa shape index (κ3) is 12.7. The number of nitro groups is 1. The van der Waals surface area contributed by atoms with E-state index in [0.29, 0.717) is 36.3 Å². The number of halogens is 1. The molecule has 1 heterocycles. The van der Waals surface area contributed by atoms with Crippen molar-refractivity contribution >= 4 is 17.3 Å². The number of aliphatic hydroxyl groups excluding tert-OH is 2. The van der Waals surface area contributed by atoms with Crippen molar-refractivity contribution in [1.29, 1.82) is 0 Å². The molecule has 6 rings (SSSR count). The largest absolute Gasteiger partial charge is 0.508 e. The normalized spacial score (nSPS) is 22.5. The molecule has 1 aliphatic heterocycles. The number of oxime groups is 1. The lowest BCUT2D eigenvalue weighted by Crippen LogP contribution is -2.70. The molecule has 1 fully saturated rings. The molecule has 1 amide bonds. The number of fused-ring (bicyclic) bond motifs is 2. The Morgan fingerprint density at radius 3 is 2.26 bits per heavy atom. The number of phenols is 1. The average Bonchev–Trinajstić information content (AvgIpc) is 3.31. The van der Waals surface area contributed by atoms with Crippen molar-refractivity contribution in [3.05, 3.63) is 124 Å². The van der Waals surface area contributed by atoms with Gasteiger partial charge in [0.25, 0.3) is 5.69 Å². The number of ether oxygens (including phenoxy) is 2. The quantitative estimate of drug-likeness (QED) is 0.0278. The molecule has 0 unspecified atom stereocenters. The van der Waals surface area contributed by atoms with Crippen LogP contribution in [0, 0.1) is 33.7 Å². The summed E-state index contributed by atoms with van der Waals surface area (Å²) in [6, 6.07) is 16.6. The van der Waals surface area contributed by atoms with Crippen molar-refractivity contribution in [3.63, 3.8) is 0 Å². The molecule has 0 bridgehead atoms. The number of non-ortho nitro benzene ring substituents is 1. The lowest BCUT2D eigenvalue weighted by atomic mass is 9.55. The van der Waals surface area contributed by atoms with Gasteiger partial charge in [-0.2, -0.15) is 0 Å². The maximum absolute atomic E-state index is 15.1. The first-order valence-electron chi connectivity index (χ1n) is 24.3. The van der Waals surface area contributed by atoms with E-state index in [4.69, 9.17) is 19.5 Å². The number of amides is 1. The molecule has 1 saturated carbocycles. The second kappa shape index (κ2) is 25.1. The number of aromatic hydroxyl groups is 1. The topological polar surface area (TPSA) is 164 Å². The summed E-state index contributed by atoms with van der Waals surface area (Å²) in [5.41, 5.74) is 3.63. The van der Waals surface area contributed by atoms with Crippen LogP contribution in [0.4, 0.5) is 10.1 Å². The number of carbonyl (C=O) groups is 1. The van der Waals surface area contributed by atoms with Gasteiger partial charge in [0, 0.05) is 56.2 Å². The van der Waals surface area contributed by atoms with Crippen molar-refractivity contribution in [3.8, 4) is 11.5 Å². The van der Waals surface area contributed by atoms with Gasteiger partial charge in [0.2, 0.25) is 11.7 Å². The second-order valence-corrected chi connectivity index (χ2v) is 18.2. The van der Waals surface area contributed by atoms with E-state index < -0.39 is 22.7 Å². The van der Waals surface area contributed by atoms with Gasteiger partial charge in [-0.1, -0.05) is 101 Å². The zero-order chi connectivity index (χ0) is 46.9. The lowest BCUT2D eigenvalue weighted by Gasteiger charge is -2.60. The van der Waals surface area contributed by atoms with Gasteiger partial charge in [-0.05, 0) is 103 Å². The third-order valence-electron chi connectivity index (χ3n) is 13.7. The van der Waals surface area contributed by atoms with Crippen molar-refractivity contribution in [2.24, 2.45) is 22.9 Å². The number of aliphatic hydroxyl groups is 2. The fourth-order valence-corrected chi connectivity index (χ4v) is 10.4. The van der Waals surface area contributed by atoms with Gasteiger partial charge >= 0.3 is 0 Å². The minimum atomic E-state index is -1.49. The van der Waals surface area contributed by atoms with E-state index in [1.165, 1.54) is 56.4 Å². The van der Waals surface area contributed by atoms with Gasteiger partial charge in [-0.25, -0.2) is 4.39 Å². The maximum atomic E-state index is 15.1. The lowest BCUT2D eigenvalue weighted by molar-refractivity contribution is -0.384. The summed E-state index contributed by atoms with van der Waals surface area (Å²) in [7, 11) is 0. The summed E-state index contributed by atoms with van der Waals surface area (Å²) >= 11 is 0. The molecular weight excluding hydrogens is 842 g/mol. The first-order chi connectivity index (χ1) is 32.1. The van der Waals surface area contributed by atoms with Crippen LogP contribution >= 0.6 is 0 Å². The highest BCUT2D eigenvalue weighted by Crippen LogP contribution is 2.62. The van der Waals surface area contributed by atoms with Gasteiger partial charge < -0.3 is 34.5 Å². The SMILES string of the molecule is C=CCO[C@@]12Oc3ccc(O)cc3[C@H]3[C@H](CCCCO)[C@@H](CCCCO)C=C(C(=NOCc4ccc([N+](=O)[O-])cc4)C[C@@H]1N(Cc1ccc(F)cc1)C(=O)CCCCCCCCCCC)[C@H]32. The number of allylic oxidation sites excluding steroid dienone is 1. The smallest absolute Gasteiger partial charge is 0.269 e. The Labute approximate surface area is 389 Å². The minimum absolute atomic E-state index is 0.00286. The van der Waals surface area contributed by atoms with Crippen LogP contribution < -0.4 is 4.74 Å². The summed E-state index contributed by atoms with van der Waals surface area (Å²) in [5, 5.41) is 47.2. The number of nitrogens with zero attached hydrogens (tertiary/aromatic N) is 3. The summed E-state index contributed by atoms with van der Waals surface area (Å²) in [4.78, 5) is 34.0. The van der Waals surface area contributed by atoms with Crippen LogP contribution in [0.2, 0.25) is 0 Å². The van der Waals surface area contributed by atoms with Gasteiger partial charge in [0.05, 0.1) is 23.2 Å². The fourth-order valence-electron chi connectivity index (χ4n) is 10.4. The number of nitro benzene ring substituents is 1. The molecule has 66 heavy (non-hydrogen) atoms. The Bertz CT molecular complexity index is 2090. The first-order valence-corrected chi connectivity index (χ1v) is 24.3. The van der Waals surface area contributed by atoms with Crippen LogP contribution in [0.15, 0.2) is 96.2 Å². The van der Waals surface area contributed by atoms with Gasteiger partial charge in [0.1, 0.15) is 30.0 Å². The molecule has 3 aromatic carbocycles. The summed E-state index contributed by atoms with van der Waals surface area (Å²) in [6.45, 7) is 6.61. The Morgan fingerprint density at radius 2 is 1.59 bits per heavy atom. The Morgan fingerprint density at radius 1 is 0.924 bits per heavy atom. The minimum Gasteiger partial charge on any atom is -0.508 e. The Hall–Kier alpha value is -5.11. The molecule has 3 aromatic rings. The first kappa shape index (κ1) is 50.3. The summed E-state index contributed by atoms with van der Waals surface area (Å²) < 4.78 is 28.8. The fraction of sp³-hybridized carbons (Fsp3) is 0.547. The van der Waals surface area contributed by atoms with E-state index in [9.17, 15) is 29.8 Å². The van der Waals surface area contributed by atoms with Crippen LogP contribution in [0.25, 0.3) is 0 Å². The van der Waals surface area contributed by atoms with E-state index in [1.807, 2.05) is 4.90 Å². The van der Waals surface area contributed by atoms with E-state index >= 15 is 4.79 Å². The van der Waals surface area contributed by atoms with Crippen LogP contribution in [0.1, 0.15) is 139 Å². The van der Waals surface area contributed by atoms with Crippen molar-refractivity contribution in [1.82, 2.24) is 4.90 Å². The highest BCUT2D eigenvalue weighted by atomic mass is 19.1. The maximum Gasteiger partial charge on any atom is 0.269 e. The predicted octanol–water partition coefficient (Wildman–Crippen LogP) is 11.2. The number of unbranched alkanes of at least 4 members (excludes halogenated alkanes) is 10. The zero-order valence-electron chi connectivity index (χ0n) is 38.7. The van der Waals surface area contributed by atoms with Crippen molar-refractivity contribution < 1.29 is 43.7 Å². The van der Waals surface area contributed by atoms with Crippen LogP contribution in [0.3, 0.4) is 0 Å². The Balaban J connectivity index is 1.48. The van der Waals surface area contributed by atoms with E-state index in [1.54, 1.807) is 48.5 Å². The number of rotatable bonds is 28. The van der Waals surface area contributed by atoms with Crippen LogP contribution in [0.5, 0.6) is 11.5 Å². The highest BCUT2D eigenvalue weighted by Gasteiger charge is 2.65. The standard InChI is InChI=1S/C53H70FN3O9/c1-3-5-6-7-8-9-10-11-12-19-50(61)56(36-38-20-24-41(54)25-21-38)49-35-47(55-65-37-39-22-26-42(27-23-39)57(62)63)45-33-40(17-13-15-30-58)44(18-14-16-31-59)51-46-34-43(60)28-29-48(46)66-53(49,52(45)51)64-32-4-2/h4,20-29,33-34,40,44,49,51-52,58-60H,2-3,5-19,30-32,35-37H2,1H3/t40-,44+,49-,51+,52+,53+/m0/s1. The molecule has 0 saturated heterocycles. The molecule has 12 nitrogen and oxygen atoms in total. The van der Waals surface area contributed by atoms with Crippen molar-refractivity contribution in [2.45, 2.75) is 147 Å². The van der Waals surface area contributed by atoms with E-state index in [2.05, 4.69) is 19.6 Å². The van der Waals surface area contributed by atoms with E-state index in [-0.39, 0.29) is 86.7 Å².